The number of hydrogen-bond acceptors (Lipinski definition) is 4. The van der Waals surface area contributed by atoms with Crippen LogP contribution in [0.25, 0.3) is 0 Å². The summed E-state index contributed by atoms with van der Waals surface area (Å²) in [7, 11) is 0. The van der Waals surface area contributed by atoms with Crippen molar-refractivity contribution in [2.75, 3.05) is 18.0 Å². The molecule has 0 amide bonds. The molecule has 1 saturated carbocycles. The number of rotatable bonds is 10. The maximum Gasteiger partial charge on any atom is 0.416 e. The maximum absolute atomic E-state index is 13.4. The van der Waals surface area contributed by atoms with Crippen molar-refractivity contribution in [2.24, 2.45) is 5.92 Å². The Hall–Kier alpha value is -1.95. The third kappa shape index (κ3) is 8.27. The van der Waals surface area contributed by atoms with E-state index in [1.165, 1.54) is 29.2 Å². The van der Waals surface area contributed by atoms with Gasteiger partial charge in [-0.3, -0.25) is 0 Å². The Morgan fingerprint density at radius 2 is 1.73 bits per heavy atom. The summed E-state index contributed by atoms with van der Waals surface area (Å²) in [6.45, 7) is -0.922. The molecule has 2 aromatic rings. The van der Waals surface area contributed by atoms with Crippen molar-refractivity contribution in [2.45, 2.75) is 56.6 Å². The van der Waals surface area contributed by atoms with E-state index < -0.39 is 43.4 Å². The fourth-order valence-corrected chi connectivity index (χ4v) is 4.46. The van der Waals surface area contributed by atoms with E-state index >= 15 is 0 Å². The zero-order valence-electron chi connectivity index (χ0n) is 19.2. The standard InChI is InChI=1S/C24H24Cl2F7NO3/c25-18-8-3-9-19(21(18)26)36-16-6-2-5-15(11-16)34(13-20(35)23(29,30)31)12-14-4-1-7-17(10-14)37-24(32,33)22(27)28/h2-3,5-6,8-9,11,14,17,20,22,35H,1,4,7,10,12-13H2. The van der Waals surface area contributed by atoms with Crippen LogP contribution in [0.2, 0.25) is 10.0 Å². The van der Waals surface area contributed by atoms with Crippen LogP contribution in [-0.2, 0) is 4.74 Å². The van der Waals surface area contributed by atoms with Gasteiger partial charge in [0.15, 0.2) is 6.10 Å². The number of ether oxygens (including phenoxy) is 2. The van der Waals surface area contributed by atoms with E-state index in [0.717, 1.165) is 0 Å². The van der Waals surface area contributed by atoms with Crippen LogP contribution in [0.1, 0.15) is 25.7 Å². The molecule has 0 spiro atoms. The molecule has 37 heavy (non-hydrogen) atoms. The predicted molar refractivity (Wildman–Crippen MR) is 125 cm³/mol. The summed E-state index contributed by atoms with van der Waals surface area (Å²) in [6, 6.07) is 10.7. The number of hydrogen-bond donors (Lipinski definition) is 1. The Balaban J connectivity index is 1.81. The van der Waals surface area contributed by atoms with Crippen molar-refractivity contribution in [3.8, 4) is 11.5 Å². The van der Waals surface area contributed by atoms with Gasteiger partial charge in [0.05, 0.1) is 17.7 Å². The molecule has 4 nitrogen and oxygen atoms in total. The Labute approximate surface area is 218 Å². The average molecular weight is 578 g/mol. The molecule has 3 unspecified atom stereocenters. The molecule has 0 bridgehead atoms. The smallest absolute Gasteiger partial charge is 0.416 e. The normalized spacial score (nSPS) is 19.6. The van der Waals surface area contributed by atoms with Gasteiger partial charge in [0.25, 0.3) is 0 Å². The maximum atomic E-state index is 13.4. The summed E-state index contributed by atoms with van der Waals surface area (Å²) < 4.78 is 101. The average Bonchev–Trinajstić information content (AvgIpc) is 2.81. The minimum absolute atomic E-state index is 0.0603. The number of aliphatic hydroxyl groups is 1. The molecule has 1 fully saturated rings. The molecule has 2 aromatic carbocycles. The minimum Gasteiger partial charge on any atom is -0.456 e. The van der Waals surface area contributed by atoms with E-state index in [2.05, 4.69) is 4.74 Å². The van der Waals surface area contributed by atoms with E-state index in [-0.39, 0.29) is 46.6 Å². The molecule has 3 atom stereocenters. The highest BCUT2D eigenvalue weighted by atomic mass is 35.5. The quantitative estimate of drug-likeness (QED) is 0.291. The zero-order chi connectivity index (χ0) is 27.4. The van der Waals surface area contributed by atoms with E-state index in [1.54, 1.807) is 18.2 Å². The van der Waals surface area contributed by atoms with Crippen LogP contribution in [0.5, 0.6) is 11.5 Å². The Bertz CT molecular complexity index is 1040. The second-order valence-corrected chi connectivity index (χ2v) is 9.53. The van der Waals surface area contributed by atoms with Crippen LogP contribution < -0.4 is 9.64 Å². The van der Waals surface area contributed by atoms with E-state index in [0.29, 0.717) is 12.8 Å². The largest absolute Gasteiger partial charge is 0.456 e. The van der Waals surface area contributed by atoms with Crippen molar-refractivity contribution in [1.82, 2.24) is 0 Å². The summed E-state index contributed by atoms with van der Waals surface area (Å²) >= 11 is 12.1. The van der Waals surface area contributed by atoms with Gasteiger partial charge in [0.2, 0.25) is 0 Å². The van der Waals surface area contributed by atoms with E-state index in [9.17, 15) is 35.8 Å². The first-order valence-corrected chi connectivity index (χ1v) is 12.1. The summed E-state index contributed by atoms with van der Waals surface area (Å²) in [5.41, 5.74) is 0.250. The lowest BCUT2D eigenvalue weighted by molar-refractivity contribution is -0.322. The lowest BCUT2D eigenvalue weighted by Crippen LogP contribution is -2.44. The van der Waals surface area contributed by atoms with Gasteiger partial charge >= 0.3 is 18.7 Å². The third-order valence-corrected chi connectivity index (χ3v) is 6.69. The molecule has 0 aromatic heterocycles. The fraction of sp³-hybridized carbons (Fsp3) is 0.500. The van der Waals surface area contributed by atoms with Gasteiger partial charge in [-0.15, -0.1) is 0 Å². The summed E-state index contributed by atoms with van der Waals surface area (Å²) in [4.78, 5) is 1.25. The lowest BCUT2D eigenvalue weighted by atomic mass is 9.86. The van der Waals surface area contributed by atoms with Crippen molar-refractivity contribution >= 4 is 28.9 Å². The van der Waals surface area contributed by atoms with Crippen LogP contribution in [0, 0.1) is 5.92 Å². The van der Waals surface area contributed by atoms with Gasteiger partial charge in [0.1, 0.15) is 16.5 Å². The highest BCUT2D eigenvalue weighted by Gasteiger charge is 2.45. The van der Waals surface area contributed by atoms with Crippen molar-refractivity contribution in [1.29, 1.82) is 0 Å². The summed E-state index contributed by atoms with van der Waals surface area (Å²) in [6.07, 6.45) is -16.5. The van der Waals surface area contributed by atoms with Crippen LogP contribution in [0.3, 0.4) is 0 Å². The fourth-order valence-electron chi connectivity index (χ4n) is 4.13. The molecule has 1 aliphatic rings. The molecule has 0 heterocycles. The number of halogens is 9. The summed E-state index contributed by atoms with van der Waals surface area (Å²) in [5.74, 6) is -0.0328. The second-order valence-electron chi connectivity index (χ2n) is 8.75. The highest BCUT2D eigenvalue weighted by Crippen LogP contribution is 2.37. The van der Waals surface area contributed by atoms with E-state index in [4.69, 9.17) is 27.9 Å². The number of anilines is 1. The molecule has 0 saturated heterocycles. The molecule has 0 aliphatic heterocycles. The molecule has 206 valence electrons. The Kier molecular flexibility index (Phi) is 9.82. The Morgan fingerprint density at radius 3 is 2.41 bits per heavy atom. The monoisotopic (exact) mass is 577 g/mol. The number of aliphatic hydroxyl groups excluding tert-OH is 1. The first-order chi connectivity index (χ1) is 17.3. The van der Waals surface area contributed by atoms with Gasteiger partial charge in [-0.1, -0.05) is 41.8 Å². The number of nitrogens with zero attached hydrogens (tertiary/aromatic N) is 1. The minimum atomic E-state index is -4.90. The topological polar surface area (TPSA) is 41.9 Å². The van der Waals surface area contributed by atoms with Gasteiger partial charge < -0.3 is 19.5 Å². The van der Waals surface area contributed by atoms with Crippen molar-refractivity contribution in [3.63, 3.8) is 0 Å². The van der Waals surface area contributed by atoms with Crippen molar-refractivity contribution < 1.29 is 45.3 Å². The Morgan fingerprint density at radius 1 is 1.03 bits per heavy atom. The summed E-state index contributed by atoms with van der Waals surface area (Å²) in [5, 5.41) is 10.1. The third-order valence-electron chi connectivity index (χ3n) is 5.89. The first kappa shape index (κ1) is 29.6. The van der Waals surface area contributed by atoms with Crippen molar-refractivity contribution in [3.05, 3.63) is 52.5 Å². The number of benzene rings is 2. The van der Waals surface area contributed by atoms with Gasteiger partial charge in [-0.25, -0.2) is 8.78 Å². The molecular weight excluding hydrogens is 554 g/mol. The van der Waals surface area contributed by atoms with Crippen LogP contribution >= 0.6 is 23.2 Å². The first-order valence-electron chi connectivity index (χ1n) is 11.3. The number of alkyl halides is 7. The molecule has 1 aliphatic carbocycles. The van der Waals surface area contributed by atoms with Crippen LogP contribution in [-0.4, -0.2) is 49.1 Å². The predicted octanol–water partition coefficient (Wildman–Crippen LogP) is 7.95. The zero-order valence-corrected chi connectivity index (χ0v) is 20.7. The molecule has 0 radical (unpaired) electrons. The van der Waals surface area contributed by atoms with E-state index in [1.807, 2.05) is 0 Å². The lowest BCUT2D eigenvalue weighted by Gasteiger charge is -2.36. The molecule has 3 rings (SSSR count). The highest BCUT2D eigenvalue weighted by molar-refractivity contribution is 6.42. The SMILES string of the molecule is OC(CN(CC1CCCC(OC(F)(F)C(F)F)C1)c1cccc(Oc2cccc(Cl)c2Cl)c1)C(F)(F)F. The van der Waals surface area contributed by atoms with Gasteiger partial charge in [-0.05, 0) is 49.4 Å². The van der Waals surface area contributed by atoms with Gasteiger partial charge in [-0.2, -0.15) is 22.0 Å². The van der Waals surface area contributed by atoms with Crippen LogP contribution in [0.4, 0.5) is 36.4 Å². The molecular formula is C24H24Cl2F7NO3. The van der Waals surface area contributed by atoms with Crippen LogP contribution in [0.15, 0.2) is 42.5 Å². The molecule has 13 heteroatoms. The van der Waals surface area contributed by atoms with Gasteiger partial charge in [0, 0.05) is 18.3 Å². The second kappa shape index (κ2) is 12.3. The molecule has 1 N–H and O–H groups in total.